The minimum absolute atomic E-state index is 0.0197. The topological polar surface area (TPSA) is 146 Å². The minimum Gasteiger partial charge on any atom is -0.468 e. The Bertz CT molecular complexity index is 1080. The molecule has 0 unspecified atom stereocenters. The summed E-state index contributed by atoms with van der Waals surface area (Å²) >= 11 is 0. The molecule has 11 nitrogen and oxygen atoms in total. The van der Waals surface area contributed by atoms with Crippen molar-refractivity contribution in [2.24, 2.45) is 11.8 Å². The largest absolute Gasteiger partial charge is 0.468 e. The van der Waals surface area contributed by atoms with Gasteiger partial charge in [-0.05, 0) is 11.1 Å². The molecule has 2 aromatic carbocycles. The van der Waals surface area contributed by atoms with Crippen molar-refractivity contribution in [3.05, 3.63) is 71.8 Å². The zero-order valence-corrected chi connectivity index (χ0v) is 21.7. The lowest BCUT2D eigenvalue weighted by Gasteiger charge is -2.28. The molecule has 0 fully saturated rings. The number of hydrogen-bond acceptors (Lipinski definition) is 9. The van der Waals surface area contributed by atoms with Crippen LogP contribution in [0.1, 0.15) is 18.1 Å². The number of benzene rings is 2. The lowest BCUT2D eigenvalue weighted by molar-refractivity contribution is -0.163. The minimum atomic E-state index is -1.52. The monoisotopic (exact) mass is 528 g/mol. The number of alkyl carbamates (subject to hydrolysis) is 1. The number of hydrogen-bond donors (Lipinski definition) is 2. The molecular formula is C27H32N2O9. The number of carbonyl (C=O) groups is 5. The van der Waals surface area contributed by atoms with E-state index in [9.17, 15) is 24.0 Å². The molecule has 0 aliphatic carbocycles. The quantitative estimate of drug-likeness (QED) is 0.239. The van der Waals surface area contributed by atoms with Crippen LogP contribution in [0, 0.1) is 11.8 Å². The van der Waals surface area contributed by atoms with Crippen LogP contribution in [0.15, 0.2) is 60.7 Å². The second-order valence-corrected chi connectivity index (χ2v) is 8.34. The summed E-state index contributed by atoms with van der Waals surface area (Å²) in [5.74, 6) is -6.21. The molecule has 0 radical (unpaired) electrons. The fourth-order valence-electron chi connectivity index (χ4n) is 3.72. The second-order valence-electron chi connectivity index (χ2n) is 8.34. The van der Waals surface area contributed by atoms with E-state index in [-0.39, 0.29) is 13.0 Å². The van der Waals surface area contributed by atoms with E-state index >= 15 is 0 Å². The Morgan fingerprint density at radius 1 is 0.711 bits per heavy atom. The van der Waals surface area contributed by atoms with E-state index in [0.29, 0.717) is 0 Å². The van der Waals surface area contributed by atoms with Gasteiger partial charge in [0.1, 0.15) is 18.7 Å². The normalized spacial score (nSPS) is 12.9. The molecule has 2 amide bonds. The zero-order valence-electron chi connectivity index (χ0n) is 21.7. The molecule has 204 valence electrons. The molecule has 11 heteroatoms. The number of amides is 2. The number of esters is 3. The summed E-state index contributed by atoms with van der Waals surface area (Å²) in [4.78, 5) is 63.2. The van der Waals surface area contributed by atoms with Crippen molar-refractivity contribution >= 4 is 29.9 Å². The van der Waals surface area contributed by atoms with Gasteiger partial charge in [0, 0.05) is 12.3 Å². The highest BCUT2D eigenvalue weighted by molar-refractivity contribution is 5.97. The van der Waals surface area contributed by atoms with E-state index in [4.69, 9.17) is 9.47 Å². The molecule has 38 heavy (non-hydrogen) atoms. The fourth-order valence-corrected chi connectivity index (χ4v) is 3.72. The lowest BCUT2D eigenvalue weighted by atomic mass is 9.87. The third-order valence-corrected chi connectivity index (χ3v) is 5.82. The summed E-state index contributed by atoms with van der Waals surface area (Å²) in [5.41, 5.74) is 1.48. The maximum Gasteiger partial charge on any atom is 0.408 e. The molecule has 0 aromatic heterocycles. The molecular weight excluding hydrogens is 496 g/mol. The Labute approximate surface area is 220 Å². The second kappa shape index (κ2) is 15.0. The maximum absolute atomic E-state index is 13.4. The van der Waals surface area contributed by atoms with Gasteiger partial charge in [-0.3, -0.25) is 14.4 Å². The van der Waals surface area contributed by atoms with E-state index in [1.165, 1.54) is 6.92 Å². The van der Waals surface area contributed by atoms with Crippen molar-refractivity contribution in [2.45, 2.75) is 32.0 Å². The van der Waals surface area contributed by atoms with Crippen molar-refractivity contribution in [1.82, 2.24) is 10.6 Å². The smallest absolute Gasteiger partial charge is 0.408 e. The SMILES string of the molecule is COC(=O)C(C(=O)OC)[C@@H](C)[C@H](NC(=O)[C@H](Cc1ccccc1)NC(=O)OCc1ccccc1)C(=O)OC. The first-order valence-electron chi connectivity index (χ1n) is 11.8. The summed E-state index contributed by atoms with van der Waals surface area (Å²) in [6, 6.07) is 15.2. The average Bonchev–Trinajstić information content (AvgIpc) is 2.94. The van der Waals surface area contributed by atoms with Crippen LogP contribution in [0.3, 0.4) is 0 Å². The summed E-state index contributed by atoms with van der Waals surface area (Å²) in [6.07, 6.45) is -0.790. The molecule has 0 bridgehead atoms. The van der Waals surface area contributed by atoms with Gasteiger partial charge >= 0.3 is 24.0 Å². The summed E-state index contributed by atoms with van der Waals surface area (Å²) < 4.78 is 19.4. The molecule has 0 saturated carbocycles. The van der Waals surface area contributed by atoms with Crippen molar-refractivity contribution in [3.8, 4) is 0 Å². The molecule has 0 aliphatic rings. The van der Waals surface area contributed by atoms with E-state index in [1.807, 2.05) is 6.07 Å². The standard InChI is InChI=1S/C27H32N2O9/c1-17(21(24(31)35-2)25(32)36-3)22(26(33)37-4)29-23(30)20(15-18-11-7-5-8-12-18)28-27(34)38-16-19-13-9-6-10-14-19/h5-14,17,20-22H,15-16H2,1-4H3,(H,28,34)(H,29,30)/t17-,20+,22+/m1/s1. The molecule has 2 aromatic rings. The third kappa shape index (κ3) is 8.61. The van der Waals surface area contributed by atoms with E-state index < -0.39 is 53.8 Å². The van der Waals surface area contributed by atoms with Gasteiger partial charge in [0.2, 0.25) is 5.91 Å². The molecule has 0 heterocycles. The van der Waals surface area contributed by atoms with Gasteiger partial charge in [0.15, 0.2) is 5.92 Å². The Kier molecular flexibility index (Phi) is 11.8. The molecule has 0 saturated heterocycles. The summed E-state index contributed by atoms with van der Waals surface area (Å²) in [6.45, 7) is 1.38. The molecule has 0 spiro atoms. The Morgan fingerprint density at radius 2 is 1.21 bits per heavy atom. The Balaban J connectivity index is 2.26. The van der Waals surface area contributed by atoms with Crippen LogP contribution in [0.5, 0.6) is 0 Å². The number of rotatable bonds is 12. The van der Waals surface area contributed by atoms with Crippen LogP contribution in [-0.2, 0) is 51.2 Å². The number of methoxy groups -OCH3 is 3. The van der Waals surface area contributed by atoms with Crippen molar-refractivity contribution in [3.63, 3.8) is 0 Å². The lowest BCUT2D eigenvalue weighted by Crippen LogP contribution is -2.56. The number of carbonyl (C=O) groups excluding carboxylic acids is 5. The van der Waals surface area contributed by atoms with Crippen LogP contribution >= 0.6 is 0 Å². The van der Waals surface area contributed by atoms with Crippen molar-refractivity contribution < 1.29 is 42.9 Å². The molecule has 2 rings (SSSR count). The van der Waals surface area contributed by atoms with E-state index in [0.717, 1.165) is 32.5 Å². The van der Waals surface area contributed by atoms with Crippen LogP contribution < -0.4 is 10.6 Å². The van der Waals surface area contributed by atoms with Crippen LogP contribution in [-0.4, -0.2) is 63.3 Å². The Morgan fingerprint density at radius 3 is 1.71 bits per heavy atom. The van der Waals surface area contributed by atoms with Gasteiger partial charge in [0.25, 0.3) is 0 Å². The summed E-state index contributed by atoms with van der Waals surface area (Å²) in [7, 11) is 3.26. The van der Waals surface area contributed by atoms with Gasteiger partial charge in [0.05, 0.1) is 21.3 Å². The molecule has 3 atom stereocenters. The summed E-state index contributed by atoms with van der Waals surface area (Å²) in [5, 5.41) is 5.03. The predicted octanol–water partition coefficient (Wildman–Crippen LogP) is 1.78. The first-order valence-corrected chi connectivity index (χ1v) is 11.8. The van der Waals surface area contributed by atoms with Crippen molar-refractivity contribution in [1.29, 1.82) is 0 Å². The van der Waals surface area contributed by atoms with Gasteiger partial charge in [-0.1, -0.05) is 67.6 Å². The Hall–Kier alpha value is -4.41. The third-order valence-electron chi connectivity index (χ3n) is 5.82. The highest BCUT2D eigenvalue weighted by Crippen LogP contribution is 2.21. The average molecular weight is 529 g/mol. The first kappa shape index (κ1) is 29.8. The highest BCUT2D eigenvalue weighted by Gasteiger charge is 2.43. The molecule has 2 N–H and O–H groups in total. The van der Waals surface area contributed by atoms with Gasteiger partial charge in [-0.2, -0.15) is 0 Å². The van der Waals surface area contributed by atoms with E-state index in [1.54, 1.807) is 54.6 Å². The van der Waals surface area contributed by atoms with Crippen molar-refractivity contribution in [2.75, 3.05) is 21.3 Å². The van der Waals surface area contributed by atoms with Crippen LogP contribution in [0.2, 0.25) is 0 Å². The maximum atomic E-state index is 13.4. The zero-order chi connectivity index (χ0) is 28.1. The first-order chi connectivity index (χ1) is 18.2. The number of ether oxygens (including phenoxy) is 4. The van der Waals surface area contributed by atoms with E-state index in [2.05, 4.69) is 20.1 Å². The van der Waals surface area contributed by atoms with Gasteiger partial charge < -0.3 is 29.6 Å². The molecule has 0 aliphatic heterocycles. The highest BCUT2D eigenvalue weighted by atomic mass is 16.6. The number of nitrogens with one attached hydrogen (secondary N) is 2. The van der Waals surface area contributed by atoms with Gasteiger partial charge in [-0.15, -0.1) is 0 Å². The fraction of sp³-hybridized carbons (Fsp3) is 0.370. The van der Waals surface area contributed by atoms with Crippen LogP contribution in [0.4, 0.5) is 4.79 Å². The van der Waals surface area contributed by atoms with Crippen LogP contribution in [0.25, 0.3) is 0 Å². The predicted molar refractivity (Wildman–Crippen MR) is 134 cm³/mol. The van der Waals surface area contributed by atoms with Gasteiger partial charge in [-0.25, -0.2) is 9.59 Å².